The number of thiazole rings is 1. The molecule has 2 aromatic heterocycles. The fourth-order valence-electron chi connectivity index (χ4n) is 3.11. The van der Waals surface area contributed by atoms with Gasteiger partial charge < -0.3 is 10.6 Å². The first-order chi connectivity index (χ1) is 13.6. The Morgan fingerprint density at radius 2 is 1.89 bits per heavy atom. The van der Waals surface area contributed by atoms with Gasteiger partial charge in [0.05, 0.1) is 5.69 Å². The Bertz CT molecular complexity index is 1100. The van der Waals surface area contributed by atoms with Gasteiger partial charge in [0.1, 0.15) is 10.3 Å². The van der Waals surface area contributed by atoms with Crippen LogP contribution < -0.4 is 10.6 Å². The maximum Gasteiger partial charge on any atom is 0.251 e. The van der Waals surface area contributed by atoms with Crippen LogP contribution >= 0.6 is 11.3 Å². The lowest BCUT2D eigenvalue weighted by Crippen LogP contribution is -2.25. The van der Waals surface area contributed by atoms with Crippen LogP contribution in [0.4, 0.5) is 5.13 Å². The standard InChI is InChI=1S/C21H20N4O2S/c1-11-2-3-13(19(27)22-14-6-7-14)10-15(11)16-8-9-17-20(23-16)28-21(24-17)25-18(26)12-4-5-12/h2-3,8-10,12,14H,4-7H2,1H3,(H,22,27)(H,24,25,26). The number of hydrogen-bond donors (Lipinski definition) is 2. The van der Waals surface area contributed by atoms with Gasteiger partial charge in [-0.1, -0.05) is 17.4 Å². The molecule has 2 amide bonds. The smallest absolute Gasteiger partial charge is 0.251 e. The first-order valence-corrected chi connectivity index (χ1v) is 10.4. The van der Waals surface area contributed by atoms with Crippen molar-refractivity contribution in [1.82, 2.24) is 15.3 Å². The Morgan fingerprint density at radius 1 is 1.07 bits per heavy atom. The molecule has 1 aromatic carbocycles. The number of carbonyl (C=O) groups is 2. The summed E-state index contributed by atoms with van der Waals surface area (Å²) in [5.41, 5.74) is 4.20. The normalized spacial score (nSPS) is 16.2. The Kier molecular flexibility index (Phi) is 4.12. The Labute approximate surface area is 166 Å². The zero-order valence-corrected chi connectivity index (χ0v) is 16.3. The zero-order chi connectivity index (χ0) is 19.3. The Hall–Kier alpha value is -2.80. The summed E-state index contributed by atoms with van der Waals surface area (Å²) in [4.78, 5) is 34.3. The number of fused-ring (bicyclic) bond motifs is 1. The minimum absolute atomic E-state index is 0.0345. The lowest BCUT2D eigenvalue weighted by atomic mass is 10.0. The van der Waals surface area contributed by atoms with Crippen molar-refractivity contribution >= 4 is 38.6 Å². The maximum atomic E-state index is 12.4. The molecule has 2 N–H and O–H groups in total. The predicted molar refractivity (Wildman–Crippen MR) is 109 cm³/mol. The highest BCUT2D eigenvalue weighted by Crippen LogP contribution is 2.33. The van der Waals surface area contributed by atoms with Gasteiger partial charge in [-0.25, -0.2) is 9.97 Å². The molecule has 0 spiro atoms. The highest BCUT2D eigenvalue weighted by molar-refractivity contribution is 7.22. The molecule has 6 nitrogen and oxygen atoms in total. The third kappa shape index (κ3) is 3.49. The monoisotopic (exact) mass is 392 g/mol. The number of amides is 2. The summed E-state index contributed by atoms with van der Waals surface area (Å²) in [6.45, 7) is 2.01. The molecule has 2 aliphatic carbocycles. The van der Waals surface area contributed by atoms with E-state index < -0.39 is 0 Å². The summed E-state index contributed by atoms with van der Waals surface area (Å²) in [5.74, 6) is 0.153. The van der Waals surface area contributed by atoms with Gasteiger partial charge in [0.25, 0.3) is 5.91 Å². The number of carbonyl (C=O) groups excluding carboxylic acids is 2. The van der Waals surface area contributed by atoms with Crippen molar-refractivity contribution in [3.05, 3.63) is 41.5 Å². The van der Waals surface area contributed by atoms with Crippen molar-refractivity contribution in [2.24, 2.45) is 5.92 Å². The highest BCUT2D eigenvalue weighted by Gasteiger charge is 2.30. The minimum Gasteiger partial charge on any atom is -0.349 e. The van der Waals surface area contributed by atoms with Gasteiger partial charge in [0.2, 0.25) is 5.91 Å². The van der Waals surface area contributed by atoms with E-state index in [2.05, 4.69) is 15.6 Å². The highest BCUT2D eigenvalue weighted by atomic mass is 32.1. The van der Waals surface area contributed by atoms with Crippen molar-refractivity contribution in [3.63, 3.8) is 0 Å². The number of aromatic nitrogens is 2. The van der Waals surface area contributed by atoms with E-state index >= 15 is 0 Å². The molecule has 3 aromatic rings. The average molecular weight is 392 g/mol. The minimum atomic E-state index is -0.0345. The number of rotatable bonds is 5. The summed E-state index contributed by atoms with van der Waals surface area (Å²) in [6, 6.07) is 9.87. The van der Waals surface area contributed by atoms with Crippen LogP contribution in [0, 0.1) is 12.8 Å². The van der Waals surface area contributed by atoms with Crippen LogP contribution in [0.3, 0.4) is 0 Å². The summed E-state index contributed by atoms with van der Waals surface area (Å²) in [6.07, 6.45) is 4.05. The van der Waals surface area contributed by atoms with E-state index in [1.807, 2.05) is 37.3 Å². The second kappa shape index (κ2) is 6.67. The van der Waals surface area contributed by atoms with Crippen LogP contribution in [0.2, 0.25) is 0 Å². The molecule has 0 radical (unpaired) electrons. The molecule has 0 unspecified atom stereocenters. The molecule has 7 heteroatoms. The topological polar surface area (TPSA) is 84.0 Å². The Balaban J connectivity index is 1.44. The van der Waals surface area contributed by atoms with Gasteiger partial charge in [-0.2, -0.15) is 0 Å². The molecule has 2 aliphatic rings. The number of nitrogens with zero attached hydrogens (tertiary/aromatic N) is 2. The van der Waals surface area contributed by atoms with Crippen LogP contribution in [0.1, 0.15) is 41.6 Å². The molecule has 0 atom stereocenters. The molecular formula is C21H20N4O2S. The van der Waals surface area contributed by atoms with Gasteiger partial charge in [0.15, 0.2) is 5.13 Å². The molecule has 5 rings (SSSR count). The van der Waals surface area contributed by atoms with E-state index in [1.54, 1.807) is 0 Å². The van der Waals surface area contributed by atoms with Gasteiger partial charge in [-0.3, -0.25) is 9.59 Å². The van der Waals surface area contributed by atoms with Crippen LogP contribution in [-0.4, -0.2) is 27.8 Å². The van der Waals surface area contributed by atoms with Gasteiger partial charge >= 0.3 is 0 Å². The van der Waals surface area contributed by atoms with Crippen LogP contribution in [0.25, 0.3) is 21.6 Å². The molecule has 2 fully saturated rings. The first kappa shape index (κ1) is 17.3. The van der Waals surface area contributed by atoms with E-state index in [-0.39, 0.29) is 17.7 Å². The summed E-state index contributed by atoms with van der Waals surface area (Å²) >= 11 is 1.38. The van der Waals surface area contributed by atoms with Gasteiger partial charge in [0, 0.05) is 23.1 Å². The lowest BCUT2D eigenvalue weighted by molar-refractivity contribution is -0.117. The first-order valence-electron chi connectivity index (χ1n) is 9.57. The molecule has 2 saturated carbocycles. The van der Waals surface area contributed by atoms with E-state index in [4.69, 9.17) is 4.98 Å². The second-order valence-corrected chi connectivity index (χ2v) is 8.56. The van der Waals surface area contributed by atoms with Crippen molar-refractivity contribution in [2.45, 2.75) is 38.6 Å². The van der Waals surface area contributed by atoms with E-state index in [9.17, 15) is 9.59 Å². The summed E-state index contributed by atoms with van der Waals surface area (Å²) < 4.78 is 0. The summed E-state index contributed by atoms with van der Waals surface area (Å²) in [7, 11) is 0. The molecule has 28 heavy (non-hydrogen) atoms. The van der Waals surface area contributed by atoms with Crippen LogP contribution in [-0.2, 0) is 4.79 Å². The number of nitrogens with one attached hydrogen (secondary N) is 2. The molecule has 0 aliphatic heterocycles. The fraction of sp³-hybridized carbons (Fsp3) is 0.333. The lowest BCUT2D eigenvalue weighted by Gasteiger charge is -2.09. The molecule has 0 bridgehead atoms. The van der Waals surface area contributed by atoms with Crippen LogP contribution in [0.5, 0.6) is 0 Å². The molecule has 142 valence electrons. The third-order valence-corrected chi connectivity index (χ3v) is 6.00. The van der Waals surface area contributed by atoms with Crippen molar-refractivity contribution in [1.29, 1.82) is 0 Å². The quantitative estimate of drug-likeness (QED) is 0.690. The number of anilines is 1. The van der Waals surface area contributed by atoms with E-state index in [0.717, 1.165) is 52.9 Å². The maximum absolute atomic E-state index is 12.4. The van der Waals surface area contributed by atoms with E-state index in [0.29, 0.717) is 16.7 Å². The van der Waals surface area contributed by atoms with Gasteiger partial charge in [-0.05, 0) is 62.4 Å². The number of benzene rings is 1. The summed E-state index contributed by atoms with van der Waals surface area (Å²) in [5, 5.41) is 6.50. The zero-order valence-electron chi connectivity index (χ0n) is 15.5. The Morgan fingerprint density at radius 3 is 2.64 bits per heavy atom. The molecule has 0 saturated heterocycles. The SMILES string of the molecule is Cc1ccc(C(=O)NC2CC2)cc1-c1ccc2nc(NC(=O)C3CC3)sc2n1. The molecular weight excluding hydrogens is 372 g/mol. The largest absolute Gasteiger partial charge is 0.349 e. The van der Waals surface area contributed by atoms with Crippen molar-refractivity contribution in [2.75, 3.05) is 5.32 Å². The van der Waals surface area contributed by atoms with E-state index in [1.165, 1.54) is 11.3 Å². The fourth-order valence-corrected chi connectivity index (χ4v) is 3.95. The average Bonchev–Trinajstić information content (AvgIpc) is 3.59. The van der Waals surface area contributed by atoms with Crippen LogP contribution in [0.15, 0.2) is 30.3 Å². The van der Waals surface area contributed by atoms with Crippen molar-refractivity contribution < 1.29 is 9.59 Å². The third-order valence-electron chi connectivity index (χ3n) is 5.12. The van der Waals surface area contributed by atoms with Gasteiger partial charge in [-0.15, -0.1) is 0 Å². The van der Waals surface area contributed by atoms with Crippen molar-refractivity contribution in [3.8, 4) is 11.3 Å². The number of pyridine rings is 1. The second-order valence-electron chi connectivity index (χ2n) is 7.58. The molecule has 2 heterocycles. The number of aryl methyl sites for hydroxylation is 1. The number of hydrogen-bond acceptors (Lipinski definition) is 5. The predicted octanol–water partition coefficient (Wildman–Crippen LogP) is 3.91.